The zero-order chi connectivity index (χ0) is 12.9. The van der Waals surface area contributed by atoms with Crippen LogP contribution in [-0.4, -0.2) is 12.5 Å². The lowest BCUT2D eigenvalue weighted by molar-refractivity contribution is -0.253. The minimum atomic E-state index is -4.53. The van der Waals surface area contributed by atoms with Gasteiger partial charge in [-0.25, -0.2) is 0 Å². The third-order valence-corrected chi connectivity index (χ3v) is 1.72. The largest absolute Gasteiger partial charge is 0.461 e. The Labute approximate surface area is 94.7 Å². The van der Waals surface area contributed by atoms with Crippen LogP contribution in [0.15, 0.2) is 30.3 Å². The molecule has 0 heterocycles. The smallest absolute Gasteiger partial charge is 0.428 e. The highest BCUT2D eigenvalue weighted by Crippen LogP contribution is 2.27. The first-order chi connectivity index (χ1) is 7.95. The van der Waals surface area contributed by atoms with Gasteiger partial charge in [0.2, 0.25) is 0 Å². The van der Waals surface area contributed by atoms with Gasteiger partial charge >= 0.3 is 12.5 Å². The van der Waals surface area contributed by atoms with Gasteiger partial charge in [-0.3, -0.25) is 0 Å². The van der Waals surface area contributed by atoms with Crippen molar-refractivity contribution in [1.82, 2.24) is 0 Å². The lowest BCUT2D eigenvalue weighted by Crippen LogP contribution is -2.33. The predicted molar refractivity (Wildman–Crippen MR) is 52.7 cm³/mol. The van der Waals surface area contributed by atoms with Crippen molar-refractivity contribution >= 4 is 6.08 Å². The molecule has 0 saturated heterocycles. The second kappa shape index (κ2) is 5.34. The van der Waals surface area contributed by atoms with Gasteiger partial charge < -0.3 is 4.74 Å². The standard InChI is InChI=1S/C11H7F4NO/c12-10(13)11(14,15)17-9-5-1-3-8(7-9)4-2-6-16/h1-5,7,10H. The molecular weight excluding hydrogens is 238 g/mol. The van der Waals surface area contributed by atoms with Gasteiger partial charge in [0.1, 0.15) is 5.75 Å². The van der Waals surface area contributed by atoms with Gasteiger partial charge in [-0.15, -0.1) is 0 Å². The minimum absolute atomic E-state index is 0.393. The Hall–Kier alpha value is -2.03. The van der Waals surface area contributed by atoms with Crippen molar-refractivity contribution in [2.45, 2.75) is 12.5 Å². The number of alkyl halides is 4. The highest BCUT2D eigenvalue weighted by Gasteiger charge is 2.43. The van der Waals surface area contributed by atoms with Crippen molar-refractivity contribution in [3.05, 3.63) is 35.9 Å². The number of hydrogen-bond acceptors (Lipinski definition) is 2. The Kier molecular flexibility index (Phi) is 4.10. The van der Waals surface area contributed by atoms with E-state index in [1.807, 2.05) is 0 Å². The van der Waals surface area contributed by atoms with Crippen molar-refractivity contribution < 1.29 is 22.3 Å². The number of rotatable bonds is 4. The molecule has 1 aromatic rings. The van der Waals surface area contributed by atoms with Gasteiger partial charge in [0.25, 0.3) is 0 Å². The fourth-order valence-electron chi connectivity index (χ4n) is 1.02. The summed E-state index contributed by atoms with van der Waals surface area (Å²) in [7, 11) is 0. The van der Waals surface area contributed by atoms with Crippen LogP contribution < -0.4 is 4.74 Å². The van der Waals surface area contributed by atoms with Crippen LogP contribution in [0.1, 0.15) is 5.56 Å². The van der Waals surface area contributed by atoms with E-state index in [0.717, 1.165) is 18.2 Å². The van der Waals surface area contributed by atoms with Crippen molar-refractivity contribution in [2.75, 3.05) is 0 Å². The average molecular weight is 245 g/mol. The molecule has 0 radical (unpaired) electrons. The van der Waals surface area contributed by atoms with Crippen molar-refractivity contribution in [1.29, 1.82) is 5.26 Å². The van der Waals surface area contributed by atoms with Gasteiger partial charge in [0.05, 0.1) is 6.07 Å². The minimum Gasteiger partial charge on any atom is -0.428 e. The summed E-state index contributed by atoms with van der Waals surface area (Å²) in [6, 6.07) is 6.84. The fourth-order valence-corrected chi connectivity index (χ4v) is 1.02. The second-order valence-corrected chi connectivity index (χ2v) is 3.00. The number of nitrogens with zero attached hydrogens (tertiary/aromatic N) is 1. The molecule has 90 valence electrons. The molecule has 2 nitrogen and oxygen atoms in total. The molecular formula is C11H7F4NO. The van der Waals surface area contributed by atoms with Gasteiger partial charge in [-0.1, -0.05) is 12.1 Å². The zero-order valence-electron chi connectivity index (χ0n) is 8.41. The predicted octanol–water partition coefficient (Wildman–Crippen LogP) is 3.46. The zero-order valence-corrected chi connectivity index (χ0v) is 8.41. The van der Waals surface area contributed by atoms with E-state index in [1.54, 1.807) is 6.07 Å². The molecule has 0 aliphatic rings. The Morgan fingerprint density at radius 1 is 1.35 bits per heavy atom. The maximum atomic E-state index is 12.6. The van der Waals surface area contributed by atoms with Crippen molar-refractivity contribution in [3.8, 4) is 11.8 Å². The van der Waals surface area contributed by atoms with Crippen molar-refractivity contribution in [3.63, 3.8) is 0 Å². The summed E-state index contributed by atoms with van der Waals surface area (Å²) >= 11 is 0. The molecule has 0 aliphatic carbocycles. The molecule has 6 heteroatoms. The molecule has 0 saturated carbocycles. The van der Waals surface area contributed by atoms with E-state index < -0.39 is 18.3 Å². The van der Waals surface area contributed by atoms with Crippen LogP contribution in [0.3, 0.4) is 0 Å². The molecule has 17 heavy (non-hydrogen) atoms. The van der Waals surface area contributed by atoms with Crippen LogP contribution in [0.4, 0.5) is 17.6 Å². The Morgan fingerprint density at radius 3 is 2.65 bits per heavy atom. The monoisotopic (exact) mass is 245 g/mol. The third kappa shape index (κ3) is 3.79. The lowest BCUT2D eigenvalue weighted by atomic mass is 10.2. The van der Waals surface area contributed by atoms with Crippen LogP contribution in [0.2, 0.25) is 0 Å². The maximum Gasteiger partial charge on any atom is 0.461 e. The molecule has 0 spiro atoms. The highest BCUT2D eigenvalue weighted by atomic mass is 19.3. The highest BCUT2D eigenvalue weighted by molar-refractivity contribution is 5.53. The molecule has 0 atom stereocenters. The van der Waals surface area contributed by atoms with E-state index in [4.69, 9.17) is 5.26 Å². The number of ether oxygens (including phenoxy) is 1. The van der Waals surface area contributed by atoms with Crippen LogP contribution >= 0.6 is 0 Å². The third-order valence-electron chi connectivity index (χ3n) is 1.72. The molecule has 0 aromatic heterocycles. The molecule has 0 amide bonds. The van der Waals surface area contributed by atoms with Gasteiger partial charge in [-0.05, 0) is 23.8 Å². The number of allylic oxidation sites excluding steroid dienone is 1. The average Bonchev–Trinajstić information content (AvgIpc) is 2.26. The molecule has 1 rings (SSSR count). The summed E-state index contributed by atoms with van der Waals surface area (Å²) < 4.78 is 52.8. The molecule has 0 unspecified atom stereocenters. The Balaban J connectivity index is 2.87. The van der Waals surface area contributed by atoms with E-state index in [0.29, 0.717) is 5.56 Å². The number of benzene rings is 1. The van der Waals surface area contributed by atoms with Gasteiger partial charge in [0, 0.05) is 6.08 Å². The summed E-state index contributed by atoms with van der Waals surface area (Å²) in [5.41, 5.74) is 0.397. The Bertz CT molecular complexity index is 451. The molecule has 0 bridgehead atoms. The Morgan fingerprint density at radius 2 is 2.06 bits per heavy atom. The normalized spacial score (nSPS) is 11.8. The first kappa shape index (κ1) is 13.0. The quantitative estimate of drug-likeness (QED) is 0.601. The van der Waals surface area contributed by atoms with Crippen LogP contribution in [0.5, 0.6) is 5.75 Å². The molecule has 0 N–H and O–H groups in total. The topological polar surface area (TPSA) is 33.0 Å². The SMILES string of the molecule is N#CC=Cc1cccc(OC(F)(F)C(F)F)c1. The summed E-state index contributed by atoms with van der Waals surface area (Å²) in [5.74, 6) is -0.393. The van der Waals surface area contributed by atoms with E-state index in [-0.39, 0.29) is 0 Å². The van der Waals surface area contributed by atoms with Crippen LogP contribution in [0.25, 0.3) is 6.08 Å². The van der Waals surface area contributed by atoms with Gasteiger partial charge in [0.15, 0.2) is 0 Å². The lowest BCUT2D eigenvalue weighted by Gasteiger charge is -2.16. The first-order valence-corrected chi connectivity index (χ1v) is 4.47. The summed E-state index contributed by atoms with van der Waals surface area (Å²) in [4.78, 5) is 0. The number of nitriles is 1. The second-order valence-electron chi connectivity index (χ2n) is 3.00. The van der Waals surface area contributed by atoms with E-state index >= 15 is 0 Å². The number of halogens is 4. The molecule has 1 aromatic carbocycles. The van der Waals surface area contributed by atoms with E-state index in [9.17, 15) is 17.6 Å². The summed E-state index contributed by atoms with van der Waals surface area (Å²) in [6.45, 7) is 0. The fraction of sp³-hybridized carbons (Fsp3) is 0.182. The number of hydrogen-bond donors (Lipinski definition) is 0. The van der Waals surface area contributed by atoms with Gasteiger partial charge in [-0.2, -0.15) is 22.8 Å². The summed E-state index contributed by atoms with van der Waals surface area (Å²) in [5, 5.41) is 8.27. The van der Waals surface area contributed by atoms with E-state index in [2.05, 4.69) is 4.74 Å². The van der Waals surface area contributed by atoms with Crippen LogP contribution in [-0.2, 0) is 0 Å². The van der Waals surface area contributed by atoms with E-state index in [1.165, 1.54) is 18.2 Å². The molecule has 0 fully saturated rings. The first-order valence-electron chi connectivity index (χ1n) is 4.47. The summed E-state index contributed by atoms with van der Waals surface area (Å²) in [6.07, 6.45) is -5.96. The molecule has 0 aliphatic heterocycles. The maximum absolute atomic E-state index is 12.6. The van der Waals surface area contributed by atoms with Crippen molar-refractivity contribution in [2.24, 2.45) is 0 Å². The van der Waals surface area contributed by atoms with Crippen LogP contribution in [0, 0.1) is 11.3 Å².